The number of carbonyl (C=O) groups excluding carboxylic acids is 1. The Kier molecular flexibility index (Phi) is 6.69. The summed E-state index contributed by atoms with van der Waals surface area (Å²) >= 11 is 4.48. The summed E-state index contributed by atoms with van der Waals surface area (Å²) in [5, 5.41) is 0. The van der Waals surface area contributed by atoms with Gasteiger partial charge in [0.2, 0.25) is 0 Å². The molecule has 0 aliphatic carbocycles. The molecule has 0 fully saturated rings. The zero-order chi connectivity index (χ0) is 20.9. The van der Waals surface area contributed by atoms with Crippen LogP contribution < -0.4 is 9.47 Å². The third-order valence-corrected chi connectivity index (χ3v) is 5.65. The molecule has 0 saturated carbocycles. The smallest absolute Gasteiger partial charge is 0.196 e. The molecule has 4 aromatic carbocycles. The number of para-hydroxylation sites is 1. The van der Waals surface area contributed by atoms with Crippen molar-refractivity contribution in [3.8, 4) is 23.0 Å². The molecule has 0 atom stereocenters. The monoisotopic (exact) mass is 618 g/mol. The third-order valence-electron chi connectivity index (χ3n) is 4.30. The van der Waals surface area contributed by atoms with Crippen LogP contribution in [0.15, 0.2) is 97.1 Å². The first-order valence-corrected chi connectivity index (χ1v) is 11.3. The van der Waals surface area contributed by atoms with Gasteiger partial charge in [0.25, 0.3) is 0 Å². The highest BCUT2D eigenvalue weighted by Crippen LogP contribution is 2.29. The van der Waals surface area contributed by atoms with Gasteiger partial charge in [-0.25, -0.2) is 0 Å². The van der Waals surface area contributed by atoms with E-state index in [1.54, 1.807) is 30.3 Å². The number of halogens is 2. The second-order valence-corrected chi connectivity index (χ2v) is 8.96. The molecule has 3 nitrogen and oxygen atoms in total. The van der Waals surface area contributed by atoms with E-state index in [1.165, 1.54) is 0 Å². The quantitative estimate of drug-likeness (QED) is 0.164. The lowest BCUT2D eigenvalue weighted by Gasteiger charge is -2.11. The molecule has 0 aliphatic heterocycles. The van der Waals surface area contributed by atoms with Gasteiger partial charge in [-0.2, -0.15) is 0 Å². The number of benzene rings is 4. The Balaban J connectivity index is 1.54. The molecule has 148 valence electrons. The maximum Gasteiger partial charge on any atom is 0.196 e. The van der Waals surface area contributed by atoms with Crippen molar-refractivity contribution in [2.24, 2.45) is 0 Å². The number of ketones is 1. The Morgan fingerprint density at radius 1 is 0.600 bits per heavy atom. The van der Waals surface area contributed by atoms with Gasteiger partial charge >= 0.3 is 0 Å². The summed E-state index contributed by atoms with van der Waals surface area (Å²) in [5.74, 6) is 2.57. The minimum Gasteiger partial charge on any atom is -0.457 e. The van der Waals surface area contributed by atoms with Gasteiger partial charge < -0.3 is 9.47 Å². The fraction of sp³-hybridized carbons (Fsp3) is 0. The highest BCUT2D eigenvalue weighted by atomic mass is 127. The summed E-state index contributed by atoms with van der Waals surface area (Å²) in [6, 6.07) is 30.0. The van der Waals surface area contributed by atoms with Crippen molar-refractivity contribution < 1.29 is 14.3 Å². The maximum absolute atomic E-state index is 13.1. The Bertz CT molecular complexity index is 1190. The number of rotatable bonds is 6. The zero-order valence-corrected chi connectivity index (χ0v) is 20.0. The van der Waals surface area contributed by atoms with Gasteiger partial charge in [-0.05, 0) is 118 Å². The van der Waals surface area contributed by atoms with Crippen LogP contribution in [0.3, 0.4) is 0 Å². The van der Waals surface area contributed by atoms with Crippen LogP contribution in [0.2, 0.25) is 0 Å². The lowest BCUT2D eigenvalue weighted by molar-refractivity contribution is 0.103. The average molecular weight is 618 g/mol. The lowest BCUT2D eigenvalue weighted by atomic mass is 10.0. The van der Waals surface area contributed by atoms with Gasteiger partial charge in [-0.15, -0.1) is 0 Å². The molecule has 30 heavy (non-hydrogen) atoms. The molecular formula is C25H16I2O3. The molecule has 0 aliphatic rings. The van der Waals surface area contributed by atoms with E-state index in [0.717, 1.165) is 12.9 Å². The molecule has 0 saturated heterocycles. The lowest BCUT2D eigenvalue weighted by Crippen LogP contribution is -2.03. The number of hydrogen-bond donors (Lipinski definition) is 0. The van der Waals surface area contributed by atoms with Crippen LogP contribution in [0.25, 0.3) is 0 Å². The number of carbonyl (C=O) groups is 1. The number of hydrogen-bond acceptors (Lipinski definition) is 3. The largest absolute Gasteiger partial charge is 0.457 e. The highest BCUT2D eigenvalue weighted by molar-refractivity contribution is 14.1. The first-order valence-electron chi connectivity index (χ1n) is 9.19. The Hall–Kier alpha value is -2.39. The SMILES string of the molecule is O=C(c1ccc(Oc2cccc(I)c2)cc1)c1ccccc1Oc1cccc(I)c1. The van der Waals surface area contributed by atoms with Crippen molar-refractivity contribution in [2.75, 3.05) is 0 Å². The summed E-state index contributed by atoms with van der Waals surface area (Å²) in [5.41, 5.74) is 1.09. The van der Waals surface area contributed by atoms with Gasteiger partial charge in [-0.1, -0.05) is 24.3 Å². The van der Waals surface area contributed by atoms with E-state index < -0.39 is 0 Å². The van der Waals surface area contributed by atoms with E-state index in [-0.39, 0.29) is 5.78 Å². The molecule has 0 amide bonds. The van der Waals surface area contributed by atoms with E-state index >= 15 is 0 Å². The molecule has 0 radical (unpaired) electrons. The Morgan fingerprint density at radius 2 is 1.20 bits per heavy atom. The standard InChI is InChI=1S/C25H16I2O3/c26-18-5-3-7-21(15-18)29-20-13-11-17(12-14-20)25(28)23-9-1-2-10-24(23)30-22-8-4-6-19(27)16-22/h1-16H. The van der Waals surface area contributed by atoms with Gasteiger partial charge in [0.05, 0.1) is 5.56 Å². The maximum atomic E-state index is 13.1. The molecule has 0 bridgehead atoms. The zero-order valence-electron chi connectivity index (χ0n) is 15.7. The summed E-state index contributed by atoms with van der Waals surface area (Å²) in [4.78, 5) is 13.1. The Morgan fingerprint density at radius 3 is 1.83 bits per heavy atom. The summed E-state index contributed by atoms with van der Waals surface area (Å²) < 4.78 is 14.0. The first-order chi connectivity index (χ1) is 14.6. The van der Waals surface area contributed by atoms with Crippen LogP contribution in [-0.2, 0) is 0 Å². The van der Waals surface area contributed by atoms with Crippen LogP contribution in [0.4, 0.5) is 0 Å². The van der Waals surface area contributed by atoms with Gasteiger partial charge in [-0.3, -0.25) is 4.79 Å². The van der Waals surface area contributed by atoms with E-state index in [0.29, 0.717) is 28.4 Å². The van der Waals surface area contributed by atoms with E-state index in [1.807, 2.05) is 66.7 Å². The summed E-state index contributed by atoms with van der Waals surface area (Å²) in [6.45, 7) is 0. The number of ether oxygens (including phenoxy) is 2. The van der Waals surface area contributed by atoms with Gasteiger partial charge in [0, 0.05) is 12.7 Å². The highest BCUT2D eigenvalue weighted by Gasteiger charge is 2.15. The fourth-order valence-electron chi connectivity index (χ4n) is 2.90. The van der Waals surface area contributed by atoms with Crippen molar-refractivity contribution >= 4 is 51.0 Å². The van der Waals surface area contributed by atoms with Crippen molar-refractivity contribution in [3.05, 3.63) is 115 Å². The van der Waals surface area contributed by atoms with Crippen LogP contribution in [-0.4, -0.2) is 5.78 Å². The van der Waals surface area contributed by atoms with Crippen molar-refractivity contribution in [2.45, 2.75) is 0 Å². The second kappa shape index (κ2) is 9.61. The van der Waals surface area contributed by atoms with Crippen LogP contribution in [0.1, 0.15) is 15.9 Å². The van der Waals surface area contributed by atoms with Gasteiger partial charge in [0.1, 0.15) is 23.0 Å². The first kappa shape index (κ1) is 20.9. The van der Waals surface area contributed by atoms with Crippen LogP contribution in [0.5, 0.6) is 23.0 Å². The average Bonchev–Trinajstić information content (AvgIpc) is 2.74. The topological polar surface area (TPSA) is 35.5 Å². The molecule has 0 N–H and O–H groups in total. The minimum atomic E-state index is -0.1000. The predicted molar refractivity (Wildman–Crippen MR) is 135 cm³/mol. The predicted octanol–water partition coefficient (Wildman–Crippen LogP) is 7.71. The molecule has 4 aromatic rings. The van der Waals surface area contributed by atoms with Crippen LogP contribution >= 0.6 is 45.2 Å². The van der Waals surface area contributed by atoms with Crippen molar-refractivity contribution in [1.29, 1.82) is 0 Å². The summed E-state index contributed by atoms with van der Waals surface area (Å²) in [6.07, 6.45) is 0. The fourth-order valence-corrected chi connectivity index (χ4v) is 3.93. The van der Waals surface area contributed by atoms with E-state index in [9.17, 15) is 4.79 Å². The third kappa shape index (κ3) is 5.20. The second-order valence-electron chi connectivity index (χ2n) is 6.47. The van der Waals surface area contributed by atoms with E-state index in [4.69, 9.17) is 9.47 Å². The van der Waals surface area contributed by atoms with E-state index in [2.05, 4.69) is 45.2 Å². The molecular weight excluding hydrogens is 602 g/mol. The molecule has 0 aromatic heterocycles. The molecule has 0 unspecified atom stereocenters. The normalized spacial score (nSPS) is 10.5. The summed E-state index contributed by atoms with van der Waals surface area (Å²) in [7, 11) is 0. The minimum absolute atomic E-state index is 0.1000. The van der Waals surface area contributed by atoms with Crippen molar-refractivity contribution in [1.82, 2.24) is 0 Å². The van der Waals surface area contributed by atoms with Gasteiger partial charge in [0.15, 0.2) is 5.78 Å². The molecule has 0 spiro atoms. The molecule has 5 heteroatoms. The molecule has 0 heterocycles. The van der Waals surface area contributed by atoms with Crippen molar-refractivity contribution in [3.63, 3.8) is 0 Å². The Labute approximate surface area is 202 Å². The van der Waals surface area contributed by atoms with Crippen LogP contribution in [0, 0.1) is 7.14 Å². The molecule has 4 rings (SSSR count).